The molecule has 0 unspecified atom stereocenters. The Balaban J connectivity index is 2.11. The SMILES string of the molecule is CC(C)Cn1nc(C(=O)Nc2ccccc2Br)c2ccccc2c1=O. The Morgan fingerprint density at radius 3 is 2.44 bits per heavy atom. The van der Waals surface area contributed by atoms with E-state index in [4.69, 9.17) is 0 Å². The molecule has 0 atom stereocenters. The second-order valence-electron chi connectivity index (χ2n) is 6.21. The molecule has 128 valence electrons. The number of halogens is 1. The molecule has 25 heavy (non-hydrogen) atoms. The van der Waals surface area contributed by atoms with Gasteiger partial charge in [-0.15, -0.1) is 0 Å². The van der Waals surface area contributed by atoms with Crippen molar-refractivity contribution in [1.82, 2.24) is 9.78 Å². The van der Waals surface area contributed by atoms with Crippen LogP contribution in [0.25, 0.3) is 10.8 Å². The monoisotopic (exact) mass is 399 g/mol. The number of nitrogens with one attached hydrogen (secondary N) is 1. The molecule has 1 N–H and O–H groups in total. The number of fused-ring (bicyclic) bond motifs is 1. The van der Waals surface area contributed by atoms with Gasteiger partial charge in [-0.25, -0.2) is 4.68 Å². The largest absolute Gasteiger partial charge is 0.320 e. The molecule has 0 fully saturated rings. The molecule has 1 amide bonds. The summed E-state index contributed by atoms with van der Waals surface area (Å²) in [5.41, 5.74) is 0.716. The fourth-order valence-corrected chi connectivity index (χ4v) is 3.00. The van der Waals surface area contributed by atoms with Crippen LogP contribution in [0.5, 0.6) is 0 Å². The van der Waals surface area contributed by atoms with E-state index in [0.29, 0.717) is 23.0 Å². The average Bonchev–Trinajstić information content (AvgIpc) is 2.59. The molecule has 0 aliphatic rings. The minimum absolute atomic E-state index is 0.179. The van der Waals surface area contributed by atoms with Gasteiger partial charge in [-0.3, -0.25) is 9.59 Å². The molecule has 6 heteroatoms. The van der Waals surface area contributed by atoms with E-state index in [1.807, 2.05) is 32.0 Å². The van der Waals surface area contributed by atoms with Crippen molar-refractivity contribution >= 4 is 38.3 Å². The van der Waals surface area contributed by atoms with Gasteiger partial charge >= 0.3 is 0 Å². The maximum absolute atomic E-state index is 12.8. The highest BCUT2D eigenvalue weighted by molar-refractivity contribution is 9.10. The zero-order chi connectivity index (χ0) is 18.0. The number of aromatic nitrogens is 2. The molecule has 0 spiro atoms. The predicted molar refractivity (Wildman–Crippen MR) is 103 cm³/mol. The fraction of sp³-hybridized carbons (Fsp3) is 0.211. The summed E-state index contributed by atoms with van der Waals surface area (Å²) in [7, 11) is 0. The average molecular weight is 400 g/mol. The minimum atomic E-state index is -0.347. The molecule has 5 nitrogen and oxygen atoms in total. The maximum Gasteiger partial charge on any atom is 0.276 e. The molecule has 3 rings (SSSR count). The summed E-state index contributed by atoms with van der Waals surface area (Å²) < 4.78 is 2.16. The summed E-state index contributed by atoms with van der Waals surface area (Å²) in [5, 5.41) is 8.25. The van der Waals surface area contributed by atoms with Crippen LogP contribution in [0.1, 0.15) is 24.3 Å². The highest BCUT2D eigenvalue weighted by Crippen LogP contribution is 2.22. The zero-order valence-corrected chi connectivity index (χ0v) is 15.6. The van der Waals surface area contributed by atoms with Gasteiger partial charge in [-0.1, -0.05) is 44.2 Å². The smallest absolute Gasteiger partial charge is 0.276 e. The second-order valence-corrected chi connectivity index (χ2v) is 7.06. The minimum Gasteiger partial charge on any atom is -0.320 e. The van der Waals surface area contributed by atoms with Crippen molar-refractivity contribution in [2.45, 2.75) is 20.4 Å². The molecule has 0 saturated heterocycles. The molecule has 0 saturated carbocycles. The Kier molecular flexibility index (Phi) is 4.99. The summed E-state index contributed by atoms with van der Waals surface area (Å²) in [5.74, 6) is -0.105. The Labute approximate surface area is 153 Å². The molecule has 0 radical (unpaired) electrons. The van der Waals surface area contributed by atoms with Crippen molar-refractivity contribution in [3.05, 3.63) is 69.1 Å². The first-order valence-corrected chi connectivity index (χ1v) is 8.82. The number of benzene rings is 2. The lowest BCUT2D eigenvalue weighted by atomic mass is 10.1. The lowest BCUT2D eigenvalue weighted by Crippen LogP contribution is -2.29. The normalized spacial score (nSPS) is 11.0. The third-order valence-electron chi connectivity index (χ3n) is 3.74. The first-order chi connectivity index (χ1) is 12.0. The number of nitrogens with zero attached hydrogens (tertiary/aromatic N) is 2. The van der Waals surface area contributed by atoms with Gasteiger partial charge in [0.05, 0.1) is 11.1 Å². The van der Waals surface area contributed by atoms with Crippen molar-refractivity contribution in [3.8, 4) is 0 Å². The summed E-state index contributed by atoms with van der Waals surface area (Å²) >= 11 is 3.42. The third-order valence-corrected chi connectivity index (χ3v) is 4.43. The quantitative estimate of drug-likeness (QED) is 0.718. The highest BCUT2D eigenvalue weighted by Gasteiger charge is 2.17. The Morgan fingerprint density at radius 1 is 1.12 bits per heavy atom. The van der Waals surface area contributed by atoms with E-state index >= 15 is 0 Å². The summed E-state index contributed by atoms with van der Waals surface area (Å²) in [6.45, 7) is 4.47. The van der Waals surface area contributed by atoms with Crippen LogP contribution in [0.15, 0.2) is 57.8 Å². The Bertz CT molecular complexity index is 995. The van der Waals surface area contributed by atoms with Gasteiger partial charge in [0.15, 0.2) is 5.69 Å². The van der Waals surface area contributed by atoms with Gasteiger partial charge in [-0.2, -0.15) is 5.10 Å². The van der Waals surface area contributed by atoms with Crippen LogP contribution in [-0.4, -0.2) is 15.7 Å². The molecular weight excluding hydrogens is 382 g/mol. The van der Waals surface area contributed by atoms with Crippen LogP contribution in [0.3, 0.4) is 0 Å². The van der Waals surface area contributed by atoms with Crippen molar-refractivity contribution in [1.29, 1.82) is 0 Å². The van der Waals surface area contributed by atoms with Crippen LogP contribution >= 0.6 is 15.9 Å². The van der Waals surface area contributed by atoms with Crippen LogP contribution in [0, 0.1) is 5.92 Å². The van der Waals surface area contributed by atoms with Crippen LogP contribution in [0.2, 0.25) is 0 Å². The van der Waals surface area contributed by atoms with E-state index in [-0.39, 0.29) is 23.1 Å². The van der Waals surface area contributed by atoms with Crippen molar-refractivity contribution in [2.24, 2.45) is 5.92 Å². The van der Waals surface area contributed by atoms with E-state index in [1.54, 1.807) is 30.3 Å². The molecule has 1 heterocycles. The number of hydrogen-bond donors (Lipinski definition) is 1. The van der Waals surface area contributed by atoms with Gasteiger partial charge in [0.2, 0.25) is 0 Å². The van der Waals surface area contributed by atoms with Gasteiger partial charge < -0.3 is 5.32 Å². The summed E-state index contributed by atoms with van der Waals surface area (Å²) in [6, 6.07) is 14.4. The van der Waals surface area contributed by atoms with Gasteiger partial charge in [-0.05, 0) is 40.0 Å². The third kappa shape index (κ3) is 3.64. The molecule has 3 aromatic rings. The topological polar surface area (TPSA) is 64.0 Å². The number of para-hydroxylation sites is 1. The standard InChI is InChI=1S/C19H18BrN3O2/c1-12(2)11-23-19(25)14-8-4-3-7-13(14)17(22-23)18(24)21-16-10-6-5-9-15(16)20/h3-10,12H,11H2,1-2H3,(H,21,24). The Hall–Kier alpha value is -2.47. The van der Waals surface area contributed by atoms with Crippen molar-refractivity contribution in [3.63, 3.8) is 0 Å². The number of amides is 1. The van der Waals surface area contributed by atoms with Gasteiger partial charge in [0.1, 0.15) is 0 Å². The molecular formula is C19H18BrN3O2. The summed E-state index contributed by atoms with van der Waals surface area (Å²) in [6.07, 6.45) is 0. The second kappa shape index (κ2) is 7.19. The van der Waals surface area contributed by atoms with Crippen LogP contribution in [0.4, 0.5) is 5.69 Å². The summed E-state index contributed by atoms with van der Waals surface area (Å²) in [4.78, 5) is 25.4. The van der Waals surface area contributed by atoms with E-state index in [9.17, 15) is 9.59 Å². The number of anilines is 1. The molecule has 0 aliphatic heterocycles. The maximum atomic E-state index is 12.8. The number of hydrogen-bond acceptors (Lipinski definition) is 3. The van der Waals surface area contributed by atoms with Gasteiger partial charge in [0.25, 0.3) is 11.5 Å². The van der Waals surface area contributed by atoms with Crippen molar-refractivity contribution < 1.29 is 4.79 Å². The van der Waals surface area contributed by atoms with Crippen LogP contribution in [-0.2, 0) is 6.54 Å². The van der Waals surface area contributed by atoms with E-state index in [2.05, 4.69) is 26.3 Å². The molecule has 1 aromatic heterocycles. The van der Waals surface area contributed by atoms with Crippen molar-refractivity contribution in [2.75, 3.05) is 5.32 Å². The van der Waals surface area contributed by atoms with Gasteiger partial charge in [0, 0.05) is 16.4 Å². The first-order valence-electron chi connectivity index (χ1n) is 8.03. The highest BCUT2D eigenvalue weighted by atomic mass is 79.9. The predicted octanol–water partition coefficient (Wildman–Crippen LogP) is 4.07. The van der Waals surface area contributed by atoms with E-state index in [0.717, 1.165) is 4.47 Å². The Morgan fingerprint density at radius 2 is 1.76 bits per heavy atom. The van der Waals surface area contributed by atoms with E-state index < -0.39 is 0 Å². The molecule has 0 bridgehead atoms. The lowest BCUT2D eigenvalue weighted by molar-refractivity contribution is 0.102. The number of rotatable bonds is 4. The molecule has 0 aliphatic carbocycles. The molecule has 2 aromatic carbocycles. The lowest BCUT2D eigenvalue weighted by Gasteiger charge is -2.13. The number of carbonyl (C=O) groups is 1. The first kappa shape index (κ1) is 17.4. The van der Waals surface area contributed by atoms with E-state index in [1.165, 1.54) is 4.68 Å². The fourth-order valence-electron chi connectivity index (χ4n) is 2.62. The number of carbonyl (C=O) groups excluding carboxylic acids is 1. The zero-order valence-electron chi connectivity index (χ0n) is 14.0. The van der Waals surface area contributed by atoms with Crippen LogP contribution < -0.4 is 10.9 Å².